The zero-order valence-electron chi connectivity index (χ0n) is 6.95. The van der Waals surface area contributed by atoms with Crippen LogP contribution < -0.4 is 11.1 Å². The molecule has 0 spiro atoms. The number of anilines is 1. The molecule has 0 heterocycles. The molecule has 4 N–H and O–H groups in total. The van der Waals surface area contributed by atoms with Crippen molar-refractivity contribution in [2.75, 3.05) is 5.32 Å². The standard InChI is InChI=1S/C8H7BrN2O2S/c9-4-1-2-5(7(12)13)6(3-4)11-8(10)14/h1-3H,(H,12,13)(H3,10,11,14). The van der Waals surface area contributed by atoms with Gasteiger partial charge < -0.3 is 16.2 Å². The summed E-state index contributed by atoms with van der Waals surface area (Å²) in [6.07, 6.45) is 0. The molecule has 1 rings (SSSR count). The Morgan fingerprint density at radius 3 is 2.71 bits per heavy atom. The molecule has 1 aromatic rings. The number of halogens is 1. The van der Waals surface area contributed by atoms with E-state index < -0.39 is 5.97 Å². The summed E-state index contributed by atoms with van der Waals surface area (Å²) in [4.78, 5) is 10.8. The summed E-state index contributed by atoms with van der Waals surface area (Å²) in [7, 11) is 0. The Morgan fingerprint density at radius 1 is 1.57 bits per heavy atom. The summed E-state index contributed by atoms with van der Waals surface area (Å²) in [6.45, 7) is 0. The van der Waals surface area contributed by atoms with Crippen LogP contribution in [0.4, 0.5) is 5.69 Å². The maximum absolute atomic E-state index is 10.8. The molecule has 0 aromatic heterocycles. The molecular formula is C8H7BrN2O2S. The number of hydrogen-bond donors (Lipinski definition) is 3. The highest BCUT2D eigenvalue weighted by Crippen LogP contribution is 2.21. The molecule has 0 fully saturated rings. The van der Waals surface area contributed by atoms with Gasteiger partial charge in [-0.1, -0.05) is 15.9 Å². The quantitative estimate of drug-likeness (QED) is 0.718. The van der Waals surface area contributed by atoms with Gasteiger partial charge in [0.15, 0.2) is 5.11 Å². The predicted molar refractivity (Wildman–Crippen MR) is 61.5 cm³/mol. The lowest BCUT2D eigenvalue weighted by atomic mass is 10.2. The van der Waals surface area contributed by atoms with Gasteiger partial charge >= 0.3 is 5.97 Å². The average molecular weight is 275 g/mol. The van der Waals surface area contributed by atoms with Gasteiger partial charge in [0.25, 0.3) is 0 Å². The minimum Gasteiger partial charge on any atom is -0.478 e. The third kappa shape index (κ3) is 2.68. The van der Waals surface area contributed by atoms with Gasteiger partial charge in [-0.2, -0.15) is 0 Å². The largest absolute Gasteiger partial charge is 0.478 e. The molecule has 0 saturated heterocycles. The zero-order valence-corrected chi connectivity index (χ0v) is 9.35. The molecular weight excluding hydrogens is 268 g/mol. The highest BCUT2D eigenvalue weighted by atomic mass is 79.9. The Morgan fingerprint density at radius 2 is 2.21 bits per heavy atom. The van der Waals surface area contributed by atoms with Crippen molar-refractivity contribution < 1.29 is 9.90 Å². The van der Waals surface area contributed by atoms with E-state index in [0.29, 0.717) is 5.69 Å². The second kappa shape index (κ2) is 4.39. The van der Waals surface area contributed by atoms with Crippen LogP contribution in [0, 0.1) is 0 Å². The second-order valence-electron chi connectivity index (χ2n) is 2.48. The fourth-order valence-electron chi connectivity index (χ4n) is 0.939. The summed E-state index contributed by atoms with van der Waals surface area (Å²) >= 11 is 7.84. The molecule has 4 nitrogen and oxygen atoms in total. The van der Waals surface area contributed by atoms with Gasteiger partial charge in [-0.15, -0.1) is 0 Å². The van der Waals surface area contributed by atoms with Crippen LogP contribution >= 0.6 is 28.1 Å². The molecule has 0 atom stereocenters. The van der Waals surface area contributed by atoms with Gasteiger partial charge in [0, 0.05) is 4.47 Å². The second-order valence-corrected chi connectivity index (χ2v) is 3.84. The van der Waals surface area contributed by atoms with Crippen LogP contribution in [-0.2, 0) is 0 Å². The molecule has 0 aliphatic carbocycles. The summed E-state index contributed by atoms with van der Waals surface area (Å²) in [6, 6.07) is 4.70. The number of nitrogens with one attached hydrogen (secondary N) is 1. The molecule has 0 saturated carbocycles. The molecule has 74 valence electrons. The summed E-state index contributed by atoms with van der Waals surface area (Å²) in [5, 5.41) is 11.5. The number of benzene rings is 1. The fraction of sp³-hybridized carbons (Fsp3) is 0. The number of carboxylic acid groups (broad SMARTS) is 1. The fourth-order valence-corrected chi connectivity index (χ4v) is 1.41. The summed E-state index contributed by atoms with van der Waals surface area (Å²) < 4.78 is 0.751. The van der Waals surface area contributed by atoms with Crippen molar-refractivity contribution in [3.8, 4) is 0 Å². The minimum absolute atomic E-state index is 0.0330. The van der Waals surface area contributed by atoms with Crippen molar-refractivity contribution in [2.24, 2.45) is 5.73 Å². The van der Waals surface area contributed by atoms with Crippen LogP contribution in [0.5, 0.6) is 0 Å². The van der Waals surface area contributed by atoms with Crippen molar-refractivity contribution in [3.63, 3.8) is 0 Å². The lowest BCUT2D eigenvalue weighted by molar-refractivity contribution is 0.0698. The number of rotatable bonds is 2. The van der Waals surface area contributed by atoms with Gasteiger partial charge in [-0.05, 0) is 30.4 Å². The van der Waals surface area contributed by atoms with E-state index in [1.165, 1.54) is 6.07 Å². The predicted octanol–water partition coefficient (Wildman–Crippen LogP) is 1.80. The number of carbonyl (C=O) groups is 1. The molecule has 6 heteroatoms. The Labute approximate surface area is 94.2 Å². The van der Waals surface area contributed by atoms with E-state index in [2.05, 4.69) is 33.5 Å². The molecule has 0 unspecified atom stereocenters. The van der Waals surface area contributed by atoms with Crippen LogP contribution in [0.15, 0.2) is 22.7 Å². The van der Waals surface area contributed by atoms with Gasteiger partial charge in [0.1, 0.15) is 0 Å². The zero-order chi connectivity index (χ0) is 10.7. The van der Waals surface area contributed by atoms with Crippen molar-refractivity contribution in [3.05, 3.63) is 28.2 Å². The maximum atomic E-state index is 10.8. The first-order valence-corrected chi connectivity index (χ1v) is 4.80. The van der Waals surface area contributed by atoms with Gasteiger partial charge in [0.05, 0.1) is 11.3 Å². The lowest BCUT2D eigenvalue weighted by Crippen LogP contribution is -2.20. The van der Waals surface area contributed by atoms with Gasteiger partial charge in [0.2, 0.25) is 0 Å². The monoisotopic (exact) mass is 274 g/mol. The number of aromatic carboxylic acids is 1. The Hall–Kier alpha value is -1.14. The maximum Gasteiger partial charge on any atom is 0.337 e. The van der Waals surface area contributed by atoms with Gasteiger partial charge in [-0.25, -0.2) is 4.79 Å². The lowest BCUT2D eigenvalue weighted by Gasteiger charge is -2.07. The third-order valence-electron chi connectivity index (χ3n) is 1.47. The first kappa shape index (κ1) is 10.9. The smallest absolute Gasteiger partial charge is 0.337 e. The number of thiocarbonyl (C=S) groups is 1. The molecule has 0 aliphatic rings. The normalized spacial score (nSPS) is 9.50. The molecule has 0 radical (unpaired) electrons. The Bertz CT molecular complexity index is 395. The van der Waals surface area contributed by atoms with Crippen LogP contribution in [0.2, 0.25) is 0 Å². The number of nitrogens with two attached hydrogens (primary N) is 1. The van der Waals surface area contributed by atoms with Crippen LogP contribution in [0.25, 0.3) is 0 Å². The SMILES string of the molecule is NC(=S)Nc1cc(Br)ccc1C(=O)O. The van der Waals surface area contributed by atoms with E-state index in [4.69, 9.17) is 10.8 Å². The van der Waals surface area contributed by atoms with Crippen molar-refractivity contribution in [1.29, 1.82) is 0 Å². The first-order chi connectivity index (χ1) is 6.50. The molecule has 0 amide bonds. The topological polar surface area (TPSA) is 75.3 Å². The summed E-state index contributed by atoms with van der Waals surface area (Å²) in [5.74, 6) is -1.03. The van der Waals surface area contributed by atoms with Crippen LogP contribution in [0.1, 0.15) is 10.4 Å². The third-order valence-corrected chi connectivity index (χ3v) is 2.07. The minimum atomic E-state index is -1.03. The van der Waals surface area contributed by atoms with Crippen molar-refractivity contribution in [1.82, 2.24) is 0 Å². The van der Waals surface area contributed by atoms with Crippen LogP contribution in [0.3, 0.4) is 0 Å². The van der Waals surface area contributed by atoms with Crippen molar-refractivity contribution >= 4 is 44.9 Å². The highest BCUT2D eigenvalue weighted by Gasteiger charge is 2.10. The Kier molecular flexibility index (Phi) is 3.43. The van der Waals surface area contributed by atoms with Gasteiger partial charge in [-0.3, -0.25) is 0 Å². The van der Waals surface area contributed by atoms with E-state index in [-0.39, 0.29) is 10.7 Å². The summed E-state index contributed by atoms with van der Waals surface area (Å²) in [5.41, 5.74) is 5.76. The molecule has 14 heavy (non-hydrogen) atoms. The van der Waals surface area contributed by atoms with Crippen LogP contribution in [-0.4, -0.2) is 16.2 Å². The first-order valence-electron chi connectivity index (χ1n) is 3.60. The molecule has 0 bridgehead atoms. The molecule has 1 aromatic carbocycles. The van der Waals surface area contributed by atoms with E-state index in [1.54, 1.807) is 12.1 Å². The van der Waals surface area contributed by atoms with E-state index in [0.717, 1.165) is 4.47 Å². The Balaban J connectivity index is 3.15. The van der Waals surface area contributed by atoms with E-state index in [1.807, 2.05) is 0 Å². The highest BCUT2D eigenvalue weighted by molar-refractivity contribution is 9.10. The average Bonchev–Trinajstić information content (AvgIpc) is 2.01. The number of hydrogen-bond acceptors (Lipinski definition) is 2. The van der Waals surface area contributed by atoms with E-state index >= 15 is 0 Å². The van der Waals surface area contributed by atoms with Crippen molar-refractivity contribution in [2.45, 2.75) is 0 Å². The number of carboxylic acids is 1. The molecule has 0 aliphatic heterocycles. The van der Waals surface area contributed by atoms with E-state index in [9.17, 15) is 4.79 Å².